The minimum Gasteiger partial charge on any atom is -0.508 e. The van der Waals surface area contributed by atoms with Gasteiger partial charge < -0.3 is 20.2 Å². The van der Waals surface area contributed by atoms with Crippen LogP contribution in [0.5, 0.6) is 5.75 Å². The van der Waals surface area contributed by atoms with Crippen LogP contribution in [0.2, 0.25) is 0 Å². The number of phenols is 1. The summed E-state index contributed by atoms with van der Waals surface area (Å²) in [5.41, 5.74) is 1.64. The van der Waals surface area contributed by atoms with Crippen LogP contribution in [0.3, 0.4) is 0 Å². The number of urea groups is 1. The second-order valence-electron chi connectivity index (χ2n) is 9.89. The van der Waals surface area contributed by atoms with Crippen LogP contribution in [0.25, 0.3) is 0 Å². The highest BCUT2D eigenvalue weighted by atomic mass is 19.1. The SMILES string of the molecule is C=CN1CC(=O)N2C(CN(Cc3ccc(F)cc3F)C(=O)[C@@H]2Cc2ccc(O)cc2)N1C(=O)NCc1ccccc1. The first kappa shape index (κ1) is 27.6. The van der Waals surface area contributed by atoms with Crippen molar-refractivity contribution in [2.45, 2.75) is 31.7 Å². The Labute approximate surface area is 235 Å². The van der Waals surface area contributed by atoms with Gasteiger partial charge in [0, 0.05) is 37.3 Å². The summed E-state index contributed by atoms with van der Waals surface area (Å²) < 4.78 is 28.2. The molecule has 0 radical (unpaired) electrons. The minimum absolute atomic E-state index is 0.0481. The quantitative estimate of drug-likeness (QED) is 0.461. The molecule has 2 aliphatic rings. The highest BCUT2D eigenvalue weighted by Crippen LogP contribution is 2.30. The predicted octanol–water partition coefficient (Wildman–Crippen LogP) is 3.36. The van der Waals surface area contributed by atoms with Gasteiger partial charge in [0.2, 0.25) is 11.8 Å². The van der Waals surface area contributed by atoms with Crippen molar-refractivity contribution >= 4 is 17.8 Å². The van der Waals surface area contributed by atoms with Crippen LogP contribution in [-0.2, 0) is 29.1 Å². The van der Waals surface area contributed by atoms with Gasteiger partial charge in [-0.2, -0.15) is 0 Å². The zero-order valence-electron chi connectivity index (χ0n) is 22.1. The normalized spacial score (nSPS) is 18.8. The molecule has 2 heterocycles. The zero-order chi connectivity index (χ0) is 29.1. The Bertz CT molecular complexity index is 1450. The van der Waals surface area contributed by atoms with Crippen LogP contribution in [0.4, 0.5) is 13.6 Å². The number of rotatable bonds is 7. The molecule has 0 bridgehead atoms. The summed E-state index contributed by atoms with van der Waals surface area (Å²) in [5.74, 6) is -2.32. The third-order valence-electron chi connectivity index (χ3n) is 7.23. The summed E-state index contributed by atoms with van der Waals surface area (Å²) in [7, 11) is 0. The van der Waals surface area contributed by atoms with E-state index in [9.17, 15) is 28.3 Å². The lowest BCUT2D eigenvalue weighted by molar-refractivity contribution is -0.184. The van der Waals surface area contributed by atoms with Crippen molar-refractivity contribution < 1.29 is 28.3 Å². The van der Waals surface area contributed by atoms with Crippen LogP contribution in [0, 0.1) is 11.6 Å². The lowest BCUT2D eigenvalue weighted by Crippen LogP contribution is -2.75. The summed E-state index contributed by atoms with van der Waals surface area (Å²) in [5, 5.41) is 15.3. The molecule has 41 heavy (non-hydrogen) atoms. The number of aromatic hydroxyl groups is 1. The average molecular weight is 562 g/mol. The highest BCUT2D eigenvalue weighted by Gasteiger charge is 2.51. The molecule has 2 aliphatic heterocycles. The van der Waals surface area contributed by atoms with E-state index in [-0.39, 0.29) is 49.8 Å². The summed E-state index contributed by atoms with van der Waals surface area (Å²) in [4.78, 5) is 43.7. The minimum atomic E-state index is -1.02. The summed E-state index contributed by atoms with van der Waals surface area (Å²) >= 11 is 0. The molecule has 0 aliphatic carbocycles. The van der Waals surface area contributed by atoms with E-state index in [1.165, 1.54) is 44.2 Å². The number of amides is 4. The third kappa shape index (κ3) is 5.84. The Morgan fingerprint density at radius 3 is 2.44 bits per heavy atom. The molecule has 3 aromatic rings. The van der Waals surface area contributed by atoms with Gasteiger partial charge >= 0.3 is 6.03 Å². The van der Waals surface area contributed by atoms with E-state index >= 15 is 0 Å². The number of phenolic OH excluding ortho intramolecular Hbond substituents is 1. The van der Waals surface area contributed by atoms with E-state index < -0.39 is 35.8 Å². The Morgan fingerprint density at radius 1 is 1.02 bits per heavy atom. The van der Waals surface area contributed by atoms with Crippen molar-refractivity contribution in [3.63, 3.8) is 0 Å². The predicted molar refractivity (Wildman–Crippen MR) is 145 cm³/mol. The van der Waals surface area contributed by atoms with Crippen molar-refractivity contribution in [3.8, 4) is 5.75 Å². The molecule has 3 aromatic carbocycles. The molecule has 0 aromatic heterocycles. The monoisotopic (exact) mass is 561 g/mol. The Balaban J connectivity index is 1.49. The van der Waals surface area contributed by atoms with Gasteiger partial charge in [0.25, 0.3) is 0 Å². The summed E-state index contributed by atoms with van der Waals surface area (Å²) in [6, 6.07) is 17.1. The van der Waals surface area contributed by atoms with Gasteiger partial charge in [-0.25, -0.2) is 18.6 Å². The number of fused-ring (bicyclic) bond motifs is 1. The molecule has 5 rings (SSSR count). The van der Waals surface area contributed by atoms with Crippen molar-refractivity contribution in [2.24, 2.45) is 0 Å². The molecule has 2 N–H and O–H groups in total. The van der Waals surface area contributed by atoms with Gasteiger partial charge in [-0.05, 0) is 29.3 Å². The Morgan fingerprint density at radius 2 is 1.76 bits per heavy atom. The maximum atomic E-state index is 14.6. The molecule has 2 fully saturated rings. The van der Waals surface area contributed by atoms with Crippen LogP contribution < -0.4 is 5.32 Å². The third-order valence-corrected chi connectivity index (χ3v) is 7.23. The van der Waals surface area contributed by atoms with Gasteiger partial charge in [-0.1, -0.05) is 55.1 Å². The first-order valence-electron chi connectivity index (χ1n) is 13.1. The van der Waals surface area contributed by atoms with Crippen molar-refractivity contribution in [1.29, 1.82) is 0 Å². The Kier molecular flexibility index (Phi) is 7.86. The van der Waals surface area contributed by atoms with E-state index in [1.54, 1.807) is 12.1 Å². The molecule has 0 spiro atoms. The van der Waals surface area contributed by atoms with Crippen molar-refractivity contribution in [1.82, 2.24) is 25.1 Å². The summed E-state index contributed by atoms with van der Waals surface area (Å²) in [6.07, 6.45) is 0.526. The average Bonchev–Trinajstić information content (AvgIpc) is 2.96. The molecule has 2 saturated heterocycles. The van der Waals surface area contributed by atoms with Gasteiger partial charge in [0.1, 0.15) is 36.1 Å². The molecule has 9 nitrogen and oxygen atoms in total. The Hall–Kier alpha value is -4.93. The van der Waals surface area contributed by atoms with E-state index in [0.29, 0.717) is 5.56 Å². The fraction of sp³-hybridized carbons (Fsp3) is 0.233. The largest absolute Gasteiger partial charge is 0.508 e. The van der Waals surface area contributed by atoms with E-state index in [1.807, 2.05) is 30.3 Å². The fourth-order valence-electron chi connectivity index (χ4n) is 5.21. The zero-order valence-corrected chi connectivity index (χ0v) is 22.1. The number of nitrogens with one attached hydrogen (secondary N) is 1. The number of hydrazine groups is 1. The van der Waals surface area contributed by atoms with Crippen molar-refractivity contribution in [2.75, 3.05) is 13.1 Å². The molecule has 2 atom stereocenters. The van der Waals surface area contributed by atoms with Gasteiger partial charge in [0.05, 0.1) is 6.54 Å². The number of carbonyl (C=O) groups is 3. The second kappa shape index (κ2) is 11.7. The smallest absolute Gasteiger partial charge is 0.338 e. The summed E-state index contributed by atoms with van der Waals surface area (Å²) in [6.45, 7) is 3.47. The maximum absolute atomic E-state index is 14.6. The number of halogens is 2. The fourth-order valence-corrected chi connectivity index (χ4v) is 5.21. The van der Waals surface area contributed by atoms with E-state index in [0.717, 1.165) is 17.7 Å². The maximum Gasteiger partial charge on any atom is 0.338 e. The lowest BCUT2D eigenvalue weighted by Gasteiger charge is -2.55. The molecular weight excluding hydrogens is 532 g/mol. The number of benzene rings is 3. The first-order chi connectivity index (χ1) is 19.7. The van der Waals surface area contributed by atoms with Crippen LogP contribution in [0.1, 0.15) is 16.7 Å². The molecule has 4 amide bonds. The first-order valence-corrected chi connectivity index (χ1v) is 13.1. The van der Waals surface area contributed by atoms with Crippen LogP contribution in [0.15, 0.2) is 85.6 Å². The number of carbonyl (C=O) groups excluding carboxylic acids is 3. The highest BCUT2D eigenvalue weighted by molar-refractivity contribution is 5.91. The molecule has 1 unspecified atom stereocenters. The van der Waals surface area contributed by atoms with Crippen LogP contribution >= 0.6 is 0 Å². The van der Waals surface area contributed by atoms with E-state index in [2.05, 4.69) is 11.9 Å². The topological polar surface area (TPSA) is 96.4 Å². The molecule has 11 heteroatoms. The second-order valence-corrected chi connectivity index (χ2v) is 9.89. The molecule has 0 saturated carbocycles. The van der Waals surface area contributed by atoms with Gasteiger partial charge in [0.15, 0.2) is 0 Å². The molecular formula is C30H29F2N5O4. The number of piperazine rings is 1. The van der Waals surface area contributed by atoms with Crippen LogP contribution in [-0.4, -0.2) is 68.1 Å². The molecule has 212 valence electrons. The standard InChI is InChI=1S/C30H29F2N5O4/c1-2-35-19-28(39)36-26(14-20-8-12-24(38)13-9-20)29(40)34(17-22-10-11-23(31)15-25(22)32)18-27(36)37(35)30(41)33-16-21-6-4-3-5-7-21/h2-13,15,26-27,38H,1,14,16-19H2,(H,33,41)/t26-,27?/m0/s1. The van der Waals surface area contributed by atoms with Crippen molar-refractivity contribution in [3.05, 3.63) is 114 Å². The van der Waals surface area contributed by atoms with Gasteiger partial charge in [-0.3, -0.25) is 14.6 Å². The number of nitrogens with zero attached hydrogens (tertiary/aromatic N) is 4. The number of hydrogen-bond acceptors (Lipinski definition) is 5. The van der Waals surface area contributed by atoms with E-state index in [4.69, 9.17) is 0 Å². The lowest BCUT2D eigenvalue weighted by atomic mass is 9.98. The number of hydrogen-bond donors (Lipinski definition) is 2. The van der Waals surface area contributed by atoms with Gasteiger partial charge in [-0.15, -0.1) is 0 Å².